The van der Waals surface area contributed by atoms with Crippen molar-refractivity contribution in [2.24, 2.45) is 0 Å². The normalized spacial score (nSPS) is 21.3. The second kappa shape index (κ2) is 8.50. The van der Waals surface area contributed by atoms with Gasteiger partial charge in [0.2, 0.25) is 0 Å². The molecular weight excluding hydrogens is 456 g/mol. The maximum atomic E-state index is 13.1. The Morgan fingerprint density at radius 3 is 2.58 bits per heavy atom. The molecule has 0 spiro atoms. The topological polar surface area (TPSA) is 105 Å². The van der Waals surface area contributed by atoms with Gasteiger partial charge in [0, 0.05) is 41.1 Å². The van der Waals surface area contributed by atoms with E-state index in [1.807, 2.05) is 45.2 Å². The molecular formula is C29H32N2O5. The van der Waals surface area contributed by atoms with Gasteiger partial charge in [-0.05, 0) is 69.9 Å². The molecule has 2 aromatic heterocycles. The highest BCUT2D eigenvalue weighted by molar-refractivity contribution is 5.88. The summed E-state index contributed by atoms with van der Waals surface area (Å²) in [6.07, 6.45) is 7.84. The van der Waals surface area contributed by atoms with Crippen molar-refractivity contribution in [3.05, 3.63) is 75.8 Å². The van der Waals surface area contributed by atoms with Crippen LogP contribution in [0.3, 0.4) is 0 Å². The van der Waals surface area contributed by atoms with E-state index < -0.39 is 22.2 Å². The Balaban J connectivity index is 1.72. The second-order valence-corrected chi connectivity index (χ2v) is 10.5. The highest BCUT2D eigenvalue weighted by atomic mass is 16.6. The van der Waals surface area contributed by atoms with Gasteiger partial charge in [-0.1, -0.05) is 25.0 Å². The molecule has 1 saturated carbocycles. The molecule has 0 radical (unpaired) electrons. The van der Waals surface area contributed by atoms with Gasteiger partial charge in [-0.3, -0.25) is 0 Å². The molecule has 1 aromatic carbocycles. The van der Waals surface area contributed by atoms with Crippen LogP contribution in [0.15, 0.2) is 63.5 Å². The zero-order chi connectivity index (χ0) is 25.7. The van der Waals surface area contributed by atoms with E-state index in [0.29, 0.717) is 29.1 Å². The lowest BCUT2D eigenvalue weighted by Crippen LogP contribution is -2.67. The third-order valence-electron chi connectivity index (χ3n) is 8.17. The van der Waals surface area contributed by atoms with Crippen molar-refractivity contribution in [1.82, 2.24) is 4.98 Å². The Hall–Kier alpha value is -3.61. The number of anilines is 1. The Labute approximate surface area is 210 Å². The van der Waals surface area contributed by atoms with Crippen LogP contribution in [0.4, 0.5) is 5.82 Å². The maximum absolute atomic E-state index is 13.1. The summed E-state index contributed by atoms with van der Waals surface area (Å²) in [6, 6.07) is 10.8. The number of ether oxygens (including phenoxy) is 2. The zero-order valence-corrected chi connectivity index (χ0v) is 21.2. The van der Waals surface area contributed by atoms with Gasteiger partial charge in [-0.15, -0.1) is 0 Å². The van der Waals surface area contributed by atoms with Crippen molar-refractivity contribution in [2.45, 2.75) is 76.4 Å². The zero-order valence-electron chi connectivity index (χ0n) is 21.2. The number of hydrogen-bond donors (Lipinski definition) is 1. The van der Waals surface area contributed by atoms with Crippen LogP contribution in [0.1, 0.15) is 64.5 Å². The molecule has 3 aromatic rings. The van der Waals surface area contributed by atoms with Crippen LogP contribution in [0.25, 0.3) is 11.0 Å². The fourth-order valence-electron chi connectivity index (χ4n) is 6.15. The lowest BCUT2D eigenvalue weighted by atomic mass is 9.58. The van der Waals surface area contributed by atoms with Gasteiger partial charge in [0.15, 0.2) is 5.60 Å². The molecule has 2 aliphatic rings. The minimum Gasteiger partial charge on any atom is -0.481 e. The van der Waals surface area contributed by atoms with Gasteiger partial charge in [-0.25, -0.2) is 14.6 Å². The average molecular weight is 489 g/mol. The van der Waals surface area contributed by atoms with Gasteiger partial charge in [0.25, 0.3) is 0 Å². The van der Waals surface area contributed by atoms with Crippen molar-refractivity contribution in [2.75, 3.05) is 5.73 Å². The van der Waals surface area contributed by atoms with Crippen LogP contribution < -0.4 is 16.1 Å². The minimum atomic E-state index is -1.02. The number of aromatic nitrogens is 1. The lowest BCUT2D eigenvalue weighted by Gasteiger charge is -2.53. The van der Waals surface area contributed by atoms with E-state index in [1.54, 1.807) is 25.1 Å². The first-order valence-electron chi connectivity index (χ1n) is 12.4. The summed E-state index contributed by atoms with van der Waals surface area (Å²) in [7, 11) is 0. The Kier molecular flexibility index (Phi) is 5.69. The molecule has 7 heteroatoms. The predicted molar refractivity (Wildman–Crippen MR) is 138 cm³/mol. The van der Waals surface area contributed by atoms with Gasteiger partial charge < -0.3 is 19.6 Å². The summed E-state index contributed by atoms with van der Waals surface area (Å²) in [5, 5.41) is 0.821. The lowest BCUT2D eigenvalue weighted by molar-refractivity contribution is -0.189. The van der Waals surface area contributed by atoms with Crippen LogP contribution in [0.5, 0.6) is 5.75 Å². The first kappa shape index (κ1) is 24.1. The highest BCUT2D eigenvalue weighted by Gasteiger charge is 2.67. The molecule has 2 N–H and O–H groups in total. The second-order valence-electron chi connectivity index (χ2n) is 10.5. The van der Waals surface area contributed by atoms with Crippen molar-refractivity contribution in [3.63, 3.8) is 0 Å². The third-order valence-corrected chi connectivity index (χ3v) is 8.17. The van der Waals surface area contributed by atoms with Crippen LogP contribution in [-0.2, 0) is 21.4 Å². The first-order valence-corrected chi connectivity index (χ1v) is 12.4. The standard InChI is InChI=1S/C29H32N2O5/c1-5-18(2)26(33)36-27(3,4)29(28(12-6-7-13-28)21-9-10-24(30)31-17-21)16-20-14-19-8-11-25(32)34-22(19)15-23(20)35-29/h5,8-11,14-15,17H,6-7,12-13,16H2,1-4H3,(H2,30,31). The average Bonchev–Trinajstić information content (AvgIpc) is 3.49. The summed E-state index contributed by atoms with van der Waals surface area (Å²) >= 11 is 0. The molecule has 0 bridgehead atoms. The monoisotopic (exact) mass is 488 g/mol. The smallest absolute Gasteiger partial charge is 0.336 e. The molecule has 1 aliphatic carbocycles. The molecule has 1 aliphatic heterocycles. The van der Waals surface area contributed by atoms with E-state index in [9.17, 15) is 9.59 Å². The number of esters is 1. The van der Waals surface area contributed by atoms with Crippen LogP contribution in [-0.4, -0.2) is 22.2 Å². The molecule has 0 saturated heterocycles. The first-order chi connectivity index (χ1) is 17.1. The van der Waals surface area contributed by atoms with Gasteiger partial charge >= 0.3 is 11.6 Å². The van der Waals surface area contributed by atoms with Gasteiger partial charge in [0.05, 0.1) is 0 Å². The van der Waals surface area contributed by atoms with E-state index in [1.165, 1.54) is 6.07 Å². The van der Waals surface area contributed by atoms with Crippen LogP contribution in [0.2, 0.25) is 0 Å². The van der Waals surface area contributed by atoms with Crippen LogP contribution in [0, 0.1) is 0 Å². The largest absolute Gasteiger partial charge is 0.481 e. The van der Waals surface area contributed by atoms with E-state index in [2.05, 4.69) is 4.98 Å². The summed E-state index contributed by atoms with van der Waals surface area (Å²) in [5.74, 6) is 0.715. The number of hydrogen-bond acceptors (Lipinski definition) is 7. The Bertz CT molecular complexity index is 1410. The summed E-state index contributed by atoms with van der Waals surface area (Å²) in [4.78, 5) is 29.3. The number of carbonyl (C=O) groups excluding carboxylic acids is 1. The van der Waals surface area contributed by atoms with Crippen molar-refractivity contribution in [1.29, 1.82) is 0 Å². The van der Waals surface area contributed by atoms with Crippen molar-refractivity contribution in [3.8, 4) is 5.75 Å². The predicted octanol–water partition coefficient (Wildman–Crippen LogP) is 5.24. The number of allylic oxidation sites excluding steroid dienone is 1. The number of nitrogens with two attached hydrogens (primary N) is 1. The number of pyridine rings is 1. The molecule has 0 amide bonds. The maximum Gasteiger partial charge on any atom is 0.336 e. The van der Waals surface area contributed by atoms with E-state index in [4.69, 9.17) is 19.6 Å². The van der Waals surface area contributed by atoms with Crippen molar-refractivity contribution < 1.29 is 18.7 Å². The van der Waals surface area contributed by atoms with Crippen molar-refractivity contribution >= 4 is 22.8 Å². The number of fused-ring (bicyclic) bond motifs is 2. The summed E-state index contributed by atoms with van der Waals surface area (Å²) in [5.41, 5.74) is 6.10. The third kappa shape index (κ3) is 3.60. The molecule has 1 unspecified atom stereocenters. The Morgan fingerprint density at radius 1 is 1.17 bits per heavy atom. The molecule has 3 heterocycles. The molecule has 1 fully saturated rings. The fraction of sp³-hybridized carbons (Fsp3) is 0.414. The molecule has 7 nitrogen and oxygen atoms in total. The molecule has 5 rings (SSSR count). The SMILES string of the molecule is CC=C(C)C(=O)OC(C)(C)C1(C2(c3ccc(N)nc3)CCCC2)Cc2cc3ccc(=O)oc3cc2O1. The Morgan fingerprint density at radius 2 is 1.92 bits per heavy atom. The van der Waals surface area contributed by atoms with Crippen LogP contribution >= 0.6 is 0 Å². The highest BCUT2D eigenvalue weighted by Crippen LogP contribution is 2.59. The number of carbonyl (C=O) groups is 1. The van der Waals surface area contributed by atoms with Gasteiger partial charge in [-0.2, -0.15) is 0 Å². The number of benzene rings is 1. The summed E-state index contributed by atoms with van der Waals surface area (Å²) in [6.45, 7) is 7.44. The van der Waals surface area contributed by atoms with E-state index in [0.717, 1.165) is 42.2 Å². The molecule has 36 heavy (non-hydrogen) atoms. The van der Waals surface area contributed by atoms with Gasteiger partial charge in [0.1, 0.15) is 22.8 Å². The quantitative estimate of drug-likeness (QED) is 0.297. The summed E-state index contributed by atoms with van der Waals surface area (Å²) < 4.78 is 18.7. The van der Waals surface area contributed by atoms with E-state index in [-0.39, 0.29) is 5.97 Å². The number of rotatable bonds is 5. The molecule has 188 valence electrons. The fourth-order valence-corrected chi connectivity index (χ4v) is 6.15. The van der Waals surface area contributed by atoms with E-state index >= 15 is 0 Å². The minimum absolute atomic E-state index is 0.374. The number of nitrogen functional groups attached to an aromatic ring is 1. The molecule has 1 atom stereocenters. The number of nitrogens with zero attached hydrogens (tertiary/aromatic N) is 1.